The Bertz CT molecular complexity index is 1270. The van der Waals surface area contributed by atoms with Gasteiger partial charge in [0.1, 0.15) is 6.61 Å². The SMILES string of the molecule is COCCOc1ccc(C(C)NC(=O)c2cc(C)nc3c2cnn3Cc2cccs2)cc1OC. The van der Waals surface area contributed by atoms with Crippen molar-refractivity contribution in [3.8, 4) is 11.5 Å². The molecular weight excluding hydrogens is 452 g/mol. The number of aromatic nitrogens is 3. The predicted molar refractivity (Wildman–Crippen MR) is 132 cm³/mol. The average Bonchev–Trinajstić information content (AvgIpc) is 3.49. The minimum absolute atomic E-state index is 0.182. The first kappa shape index (κ1) is 23.7. The van der Waals surface area contributed by atoms with E-state index in [9.17, 15) is 4.79 Å². The quantitative estimate of drug-likeness (QED) is 0.339. The summed E-state index contributed by atoms with van der Waals surface area (Å²) < 4.78 is 18.0. The number of nitrogens with zero attached hydrogens (tertiary/aromatic N) is 3. The summed E-state index contributed by atoms with van der Waals surface area (Å²) in [5, 5.41) is 10.4. The highest BCUT2D eigenvalue weighted by molar-refractivity contribution is 7.09. The fraction of sp³-hybridized carbons (Fsp3) is 0.320. The number of hydrogen-bond donors (Lipinski definition) is 1. The molecule has 178 valence electrons. The maximum Gasteiger partial charge on any atom is 0.252 e. The van der Waals surface area contributed by atoms with Crippen LogP contribution < -0.4 is 14.8 Å². The molecule has 1 amide bonds. The zero-order valence-corrected chi connectivity index (χ0v) is 20.5. The number of carbonyl (C=O) groups is 1. The van der Waals surface area contributed by atoms with Crippen LogP contribution >= 0.6 is 11.3 Å². The topological polar surface area (TPSA) is 87.5 Å². The fourth-order valence-corrected chi connectivity index (χ4v) is 4.38. The van der Waals surface area contributed by atoms with Crippen LogP contribution in [0.3, 0.4) is 0 Å². The monoisotopic (exact) mass is 480 g/mol. The van der Waals surface area contributed by atoms with Crippen molar-refractivity contribution in [1.29, 1.82) is 0 Å². The van der Waals surface area contributed by atoms with Crippen molar-refractivity contribution in [2.24, 2.45) is 0 Å². The lowest BCUT2D eigenvalue weighted by Crippen LogP contribution is -2.27. The van der Waals surface area contributed by atoms with Crippen LogP contribution in [0.4, 0.5) is 0 Å². The van der Waals surface area contributed by atoms with Gasteiger partial charge in [0.05, 0.1) is 43.4 Å². The van der Waals surface area contributed by atoms with Crippen LogP contribution in [0, 0.1) is 6.92 Å². The minimum Gasteiger partial charge on any atom is -0.493 e. The van der Waals surface area contributed by atoms with Crippen molar-refractivity contribution in [3.05, 3.63) is 69.7 Å². The van der Waals surface area contributed by atoms with E-state index >= 15 is 0 Å². The van der Waals surface area contributed by atoms with Crippen molar-refractivity contribution in [1.82, 2.24) is 20.1 Å². The van der Waals surface area contributed by atoms with Gasteiger partial charge >= 0.3 is 0 Å². The molecule has 0 bridgehead atoms. The second kappa shape index (κ2) is 10.7. The number of methoxy groups -OCH3 is 2. The lowest BCUT2D eigenvalue weighted by Gasteiger charge is -2.17. The number of hydrogen-bond acceptors (Lipinski definition) is 7. The number of pyridine rings is 1. The maximum atomic E-state index is 13.3. The highest BCUT2D eigenvalue weighted by atomic mass is 32.1. The van der Waals surface area contributed by atoms with E-state index in [0.717, 1.165) is 16.6 Å². The Balaban J connectivity index is 1.54. The molecule has 4 aromatic rings. The summed E-state index contributed by atoms with van der Waals surface area (Å²) in [6.45, 7) is 5.35. The maximum absolute atomic E-state index is 13.3. The largest absolute Gasteiger partial charge is 0.493 e. The second-order valence-corrected chi connectivity index (χ2v) is 8.91. The third kappa shape index (κ3) is 5.21. The van der Waals surface area contributed by atoms with E-state index in [1.54, 1.807) is 37.8 Å². The molecule has 8 nitrogen and oxygen atoms in total. The molecule has 3 aromatic heterocycles. The van der Waals surface area contributed by atoms with Crippen molar-refractivity contribution < 1.29 is 19.0 Å². The Morgan fingerprint density at radius 2 is 2.03 bits per heavy atom. The number of fused-ring (bicyclic) bond motifs is 1. The Hall–Kier alpha value is -3.43. The molecule has 1 aromatic carbocycles. The van der Waals surface area contributed by atoms with E-state index in [1.807, 2.05) is 48.2 Å². The second-order valence-electron chi connectivity index (χ2n) is 7.88. The number of rotatable bonds is 10. The third-order valence-electron chi connectivity index (χ3n) is 5.45. The number of amides is 1. The predicted octanol–water partition coefficient (Wildman–Crippen LogP) is 4.37. The Labute approximate surface area is 202 Å². The highest BCUT2D eigenvalue weighted by Crippen LogP contribution is 2.30. The number of thiophene rings is 1. The molecule has 0 aliphatic rings. The number of nitrogens with one attached hydrogen (secondary N) is 1. The summed E-state index contributed by atoms with van der Waals surface area (Å²) >= 11 is 1.67. The standard InChI is InChI=1S/C25H28N4O4S/c1-16-12-20(21-14-26-29(24(21)27-16)15-19-6-5-11-34-19)25(30)28-17(2)18-7-8-22(23(13-18)32-4)33-10-9-31-3/h5-8,11-14,17H,9-10,15H2,1-4H3,(H,28,30). The normalized spacial score (nSPS) is 12.0. The van der Waals surface area contributed by atoms with E-state index < -0.39 is 0 Å². The summed E-state index contributed by atoms with van der Waals surface area (Å²) in [6, 6.07) is 11.3. The molecule has 0 radical (unpaired) electrons. The number of benzene rings is 1. The smallest absolute Gasteiger partial charge is 0.252 e. The minimum atomic E-state index is -0.251. The van der Waals surface area contributed by atoms with Gasteiger partial charge in [-0.15, -0.1) is 11.3 Å². The number of carbonyl (C=O) groups excluding carboxylic acids is 1. The van der Waals surface area contributed by atoms with Crippen LogP contribution in [-0.4, -0.2) is 48.1 Å². The molecule has 0 spiro atoms. The van der Waals surface area contributed by atoms with Crippen molar-refractivity contribution in [3.63, 3.8) is 0 Å². The Kier molecular flexibility index (Phi) is 7.44. The van der Waals surface area contributed by atoms with E-state index in [4.69, 9.17) is 14.2 Å². The molecule has 0 saturated carbocycles. The van der Waals surface area contributed by atoms with Crippen molar-refractivity contribution >= 4 is 28.3 Å². The first-order valence-corrected chi connectivity index (χ1v) is 11.8. The zero-order valence-electron chi connectivity index (χ0n) is 19.7. The van der Waals surface area contributed by atoms with Crippen LogP contribution in [0.5, 0.6) is 11.5 Å². The summed E-state index contributed by atoms with van der Waals surface area (Å²) in [5.74, 6) is 1.05. The molecule has 4 rings (SSSR count). The molecule has 34 heavy (non-hydrogen) atoms. The first-order valence-electron chi connectivity index (χ1n) is 11.0. The summed E-state index contributed by atoms with van der Waals surface area (Å²) in [5.41, 5.74) is 2.92. The van der Waals surface area contributed by atoms with Gasteiger partial charge in [-0.05, 0) is 49.1 Å². The van der Waals surface area contributed by atoms with Crippen molar-refractivity contribution in [2.45, 2.75) is 26.4 Å². The molecule has 0 aliphatic carbocycles. The van der Waals surface area contributed by atoms with Gasteiger partial charge in [-0.25, -0.2) is 9.67 Å². The van der Waals surface area contributed by atoms with Gasteiger partial charge in [-0.3, -0.25) is 4.79 Å². The fourth-order valence-electron chi connectivity index (χ4n) is 3.69. The van der Waals surface area contributed by atoms with E-state index in [1.165, 1.54) is 4.88 Å². The zero-order chi connectivity index (χ0) is 24.1. The van der Waals surface area contributed by atoms with Gasteiger partial charge in [0.2, 0.25) is 0 Å². The Morgan fingerprint density at radius 1 is 1.18 bits per heavy atom. The highest BCUT2D eigenvalue weighted by Gasteiger charge is 2.19. The summed E-state index contributed by atoms with van der Waals surface area (Å²) in [6.07, 6.45) is 1.71. The van der Waals surface area contributed by atoms with Crippen LogP contribution in [-0.2, 0) is 11.3 Å². The van der Waals surface area contributed by atoms with E-state index in [2.05, 4.69) is 21.5 Å². The molecule has 3 heterocycles. The Morgan fingerprint density at radius 3 is 2.76 bits per heavy atom. The molecule has 0 saturated heterocycles. The van der Waals surface area contributed by atoms with Gasteiger partial charge in [0.15, 0.2) is 17.1 Å². The third-order valence-corrected chi connectivity index (χ3v) is 6.31. The molecule has 9 heteroatoms. The summed E-state index contributed by atoms with van der Waals surface area (Å²) in [4.78, 5) is 19.1. The number of ether oxygens (including phenoxy) is 3. The van der Waals surface area contributed by atoms with Crippen LogP contribution in [0.2, 0.25) is 0 Å². The van der Waals surface area contributed by atoms with Crippen LogP contribution in [0.25, 0.3) is 11.0 Å². The lowest BCUT2D eigenvalue weighted by molar-refractivity contribution is 0.0941. The molecule has 0 fully saturated rings. The van der Waals surface area contributed by atoms with Gasteiger partial charge in [0, 0.05) is 17.7 Å². The van der Waals surface area contributed by atoms with Gasteiger partial charge in [-0.2, -0.15) is 5.10 Å². The number of aryl methyl sites for hydroxylation is 1. The van der Waals surface area contributed by atoms with Gasteiger partial charge in [-0.1, -0.05) is 12.1 Å². The molecule has 1 atom stereocenters. The molecule has 1 N–H and O–H groups in total. The lowest BCUT2D eigenvalue weighted by atomic mass is 10.1. The molecule has 1 unspecified atom stereocenters. The first-order chi connectivity index (χ1) is 16.5. The van der Waals surface area contributed by atoms with Crippen LogP contribution in [0.1, 0.15) is 39.5 Å². The van der Waals surface area contributed by atoms with Gasteiger partial charge < -0.3 is 19.5 Å². The van der Waals surface area contributed by atoms with E-state index in [0.29, 0.717) is 42.5 Å². The average molecular weight is 481 g/mol. The summed E-state index contributed by atoms with van der Waals surface area (Å²) in [7, 11) is 3.22. The van der Waals surface area contributed by atoms with E-state index in [-0.39, 0.29) is 11.9 Å². The van der Waals surface area contributed by atoms with Crippen LogP contribution in [0.15, 0.2) is 48.0 Å². The van der Waals surface area contributed by atoms with Crippen molar-refractivity contribution in [2.75, 3.05) is 27.4 Å². The molecule has 0 aliphatic heterocycles. The molecular formula is C25H28N4O4S. The van der Waals surface area contributed by atoms with Gasteiger partial charge in [0.25, 0.3) is 5.91 Å².